The molecule has 5 heteroatoms. The van der Waals surface area contributed by atoms with Crippen LogP contribution in [-0.4, -0.2) is 18.4 Å². The molecule has 96 valence electrons. The fraction of sp³-hybridized carbons (Fsp3) is 0.500. The Balaban J connectivity index is 2.22. The summed E-state index contributed by atoms with van der Waals surface area (Å²) in [5, 5.41) is 0. The molecular weight excluding hydrogens is 244 g/mol. The number of ether oxygens (including phenoxy) is 1. The minimum absolute atomic E-state index is 0.0879. The summed E-state index contributed by atoms with van der Waals surface area (Å²) >= 11 is 4.08. The molecule has 0 fully saturated rings. The quantitative estimate of drug-likeness (QED) is 0.585. The molecule has 0 aromatic heterocycles. The van der Waals surface area contributed by atoms with Crippen molar-refractivity contribution < 1.29 is 13.5 Å². The van der Waals surface area contributed by atoms with Gasteiger partial charge < -0.3 is 10.5 Å². The Morgan fingerprint density at radius 3 is 2.71 bits per heavy atom. The maximum absolute atomic E-state index is 13.1. The first-order valence-corrected chi connectivity index (χ1v) is 6.21. The van der Waals surface area contributed by atoms with Crippen LogP contribution in [-0.2, 0) is 0 Å². The highest BCUT2D eigenvalue weighted by atomic mass is 32.1. The molecule has 0 saturated carbocycles. The van der Waals surface area contributed by atoms with Gasteiger partial charge in [0.15, 0.2) is 11.6 Å². The molecule has 0 saturated heterocycles. The van der Waals surface area contributed by atoms with E-state index in [1.165, 1.54) is 12.1 Å². The highest BCUT2D eigenvalue weighted by Gasteiger charge is 2.04. The van der Waals surface area contributed by atoms with Gasteiger partial charge in [-0.1, -0.05) is 0 Å². The van der Waals surface area contributed by atoms with Gasteiger partial charge in [-0.25, -0.2) is 8.78 Å². The van der Waals surface area contributed by atoms with Crippen LogP contribution in [0.5, 0.6) is 5.75 Å². The third-order valence-electron chi connectivity index (χ3n) is 2.36. The zero-order valence-electron chi connectivity index (χ0n) is 9.53. The minimum Gasteiger partial charge on any atom is -0.491 e. The van der Waals surface area contributed by atoms with E-state index in [4.69, 9.17) is 10.5 Å². The molecule has 1 aromatic carbocycles. The van der Waals surface area contributed by atoms with Gasteiger partial charge in [-0.15, -0.1) is 0 Å². The van der Waals surface area contributed by atoms with Gasteiger partial charge in [0, 0.05) is 17.9 Å². The fourth-order valence-electron chi connectivity index (χ4n) is 1.37. The third kappa shape index (κ3) is 5.37. The average Bonchev–Trinajstić information content (AvgIpc) is 2.30. The molecule has 0 aliphatic heterocycles. The summed E-state index contributed by atoms with van der Waals surface area (Å²) < 4.78 is 31.0. The zero-order valence-corrected chi connectivity index (χ0v) is 10.4. The number of halogens is 2. The second-order valence-electron chi connectivity index (χ2n) is 3.86. The van der Waals surface area contributed by atoms with Gasteiger partial charge in [-0.3, -0.25) is 0 Å². The van der Waals surface area contributed by atoms with Crippen LogP contribution in [0.1, 0.15) is 19.3 Å². The van der Waals surface area contributed by atoms with Gasteiger partial charge in [0.1, 0.15) is 5.82 Å². The van der Waals surface area contributed by atoms with Gasteiger partial charge in [0.05, 0.1) is 6.61 Å². The third-order valence-corrected chi connectivity index (χ3v) is 2.82. The van der Waals surface area contributed by atoms with Crippen molar-refractivity contribution in [2.24, 2.45) is 5.73 Å². The van der Waals surface area contributed by atoms with Crippen LogP contribution >= 0.6 is 12.6 Å². The molecule has 1 atom stereocenters. The van der Waals surface area contributed by atoms with E-state index < -0.39 is 11.6 Å². The van der Waals surface area contributed by atoms with E-state index >= 15 is 0 Å². The van der Waals surface area contributed by atoms with Crippen LogP contribution in [0.4, 0.5) is 8.78 Å². The number of benzene rings is 1. The standard InChI is InChI=1S/C12H17F2NOS/c13-9-4-5-12(11(14)7-9)16-6-2-1-3-10(15)8-17/h4-5,7,10,17H,1-3,6,8,15H2/t10-/m0/s1. The van der Waals surface area contributed by atoms with Crippen molar-refractivity contribution in [2.75, 3.05) is 12.4 Å². The topological polar surface area (TPSA) is 35.2 Å². The summed E-state index contributed by atoms with van der Waals surface area (Å²) in [5.74, 6) is -0.524. The number of rotatable bonds is 7. The first-order chi connectivity index (χ1) is 8.13. The summed E-state index contributed by atoms with van der Waals surface area (Å²) in [6, 6.07) is 3.38. The van der Waals surface area contributed by atoms with Gasteiger partial charge >= 0.3 is 0 Å². The smallest absolute Gasteiger partial charge is 0.167 e. The van der Waals surface area contributed by atoms with Crippen molar-refractivity contribution in [2.45, 2.75) is 25.3 Å². The highest BCUT2D eigenvalue weighted by Crippen LogP contribution is 2.17. The molecule has 0 heterocycles. The molecule has 2 nitrogen and oxygen atoms in total. The van der Waals surface area contributed by atoms with E-state index in [0.717, 1.165) is 25.3 Å². The minimum atomic E-state index is -0.669. The SMILES string of the molecule is N[C@H](CS)CCCCOc1ccc(F)cc1F. The highest BCUT2D eigenvalue weighted by molar-refractivity contribution is 7.80. The van der Waals surface area contributed by atoms with E-state index in [0.29, 0.717) is 12.4 Å². The summed E-state index contributed by atoms with van der Waals surface area (Å²) in [5.41, 5.74) is 5.69. The summed E-state index contributed by atoms with van der Waals surface area (Å²) in [6.07, 6.45) is 2.57. The van der Waals surface area contributed by atoms with E-state index in [2.05, 4.69) is 12.6 Å². The lowest BCUT2D eigenvalue weighted by Crippen LogP contribution is -2.21. The Morgan fingerprint density at radius 1 is 1.29 bits per heavy atom. The van der Waals surface area contributed by atoms with Crippen molar-refractivity contribution in [3.63, 3.8) is 0 Å². The van der Waals surface area contributed by atoms with Crippen molar-refractivity contribution in [3.8, 4) is 5.75 Å². The molecule has 0 radical (unpaired) electrons. The first-order valence-electron chi connectivity index (χ1n) is 5.57. The van der Waals surface area contributed by atoms with Crippen molar-refractivity contribution in [1.29, 1.82) is 0 Å². The number of hydrogen-bond donors (Lipinski definition) is 2. The Kier molecular flexibility index (Phi) is 6.29. The first kappa shape index (κ1) is 14.3. The van der Waals surface area contributed by atoms with E-state index in [1.807, 2.05) is 0 Å². The molecule has 0 amide bonds. The normalized spacial score (nSPS) is 12.5. The number of hydrogen-bond acceptors (Lipinski definition) is 3. The van der Waals surface area contributed by atoms with Crippen molar-refractivity contribution >= 4 is 12.6 Å². The summed E-state index contributed by atoms with van der Waals surface area (Å²) in [4.78, 5) is 0. The van der Waals surface area contributed by atoms with Crippen LogP contribution in [0.15, 0.2) is 18.2 Å². The lowest BCUT2D eigenvalue weighted by Gasteiger charge is -2.09. The molecule has 0 spiro atoms. The molecule has 1 aromatic rings. The largest absolute Gasteiger partial charge is 0.491 e. The van der Waals surface area contributed by atoms with Crippen molar-refractivity contribution in [1.82, 2.24) is 0 Å². The zero-order chi connectivity index (χ0) is 12.7. The molecule has 1 rings (SSSR count). The monoisotopic (exact) mass is 261 g/mol. The van der Waals surface area contributed by atoms with Crippen LogP contribution in [0.3, 0.4) is 0 Å². The van der Waals surface area contributed by atoms with Crippen LogP contribution in [0, 0.1) is 11.6 Å². The predicted molar refractivity (Wildman–Crippen MR) is 67.5 cm³/mol. The summed E-state index contributed by atoms with van der Waals surface area (Å²) in [6.45, 7) is 0.405. The molecule has 0 aliphatic rings. The Hall–Kier alpha value is -0.810. The van der Waals surface area contributed by atoms with Gasteiger partial charge in [0.2, 0.25) is 0 Å². The number of thiol groups is 1. The molecule has 0 bridgehead atoms. The lowest BCUT2D eigenvalue weighted by molar-refractivity contribution is 0.288. The summed E-state index contributed by atoms with van der Waals surface area (Å²) in [7, 11) is 0. The second kappa shape index (κ2) is 7.50. The van der Waals surface area contributed by atoms with Crippen molar-refractivity contribution in [3.05, 3.63) is 29.8 Å². The van der Waals surface area contributed by atoms with Gasteiger partial charge in [-0.05, 0) is 31.4 Å². The molecular formula is C12H17F2NOS. The fourth-order valence-corrected chi connectivity index (χ4v) is 1.56. The predicted octanol–water partition coefficient (Wildman–Crippen LogP) is 2.77. The van der Waals surface area contributed by atoms with Crippen LogP contribution in [0.25, 0.3) is 0 Å². The van der Waals surface area contributed by atoms with E-state index in [-0.39, 0.29) is 11.8 Å². The van der Waals surface area contributed by atoms with Gasteiger partial charge in [-0.2, -0.15) is 12.6 Å². The number of unbranched alkanes of at least 4 members (excludes halogenated alkanes) is 1. The van der Waals surface area contributed by atoms with Gasteiger partial charge in [0.25, 0.3) is 0 Å². The number of nitrogens with two attached hydrogens (primary N) is 1. The molecule has 0 unspecified atom stereocenters. The Bertz CT molecular complexity index is 349. The average molecular weight is 261 g/mol. The van der Waals surface area contributed by atoms with Crippen LogP contribution < -0.4 is 10.5 Å². The Morgan fingerprint density at radius 2 is 2.06 bits per heavy atom. The Labute approximate surface area is 106 Å². The van der Waals surface area contributed by atoms with Crippen LogP contribution in [0.2, 0.25) is 0 Å². The maximum atomic E-state index is 13.1. The van der Waals surface area contributed by atoms with E-state index in [1.54, 1.807) is 0 Å². The van der Waals surface area contributed by atoms with E-state index in [9.17, 15) is 8.78 Å². The molecule has 17 heavy (non-hydrogen) atoms. The lowest BCUT2D eigenvalue weighted by atomic mass is 10.1. The molecule has 0 aliphatic carbocycles. The second-order valence-corrected chi connectivity index (χ2v) is 4.23. The maximum Gasteiger partial charge on any atom is 0.167 e. The molecule has 2 N–H and O–H groups in total.